The maximum atomic E-state index is 12.7. The lowest BCUT2D eigenvalue weighted by Crippen LogP contribution is -2.24. The number of halogens is 1. The van der Waals surface area contributed by atoms with Gasteiger partial charge in [0.05, 0.1) is 11.9 Å². The molecule has 0 aliphatic rings. The van der Waals surface area contributed by atoms with Crippen LogP contribution < -0.4 is 11.1 Å². The molecule has 0 saturated heterocycles. The van der Waals surface area contributed by atoms with Gasteiger partial charge in [-0.1, -0.05) is 6.92 Å². The molecule has 1 atom stereocenters. The topological polar surface area (TPSA) is 68.0 Å². The van der Waals surface area contributed by atoms with Gasteiger partial charge in [0.2, 0.25) is 5.91 Å². The number of aromatic nitrogens is 1. The van der Waals surface area contributed by atoms with Crippen LogP contribution in [0.2, 0.25) is 0 Å². The lowest BCUT2D eigenvalue weighted by molar-refractivity contribution is -0.118. The van der Waals surface area contributed by atoms with Crippen molar-refractivity contribution in [1.82, 2.24) is 10.3 Å². The second-order valence-corrected chi connectivity index (χ2v) is 3.89. The molecule has 0 aliphatic carbocycles. The van der Waals surface area contributed by atoms with Gasteiger partial charge in [0, 0.05) is 12.5 Å². The number of carbonyl (C=O) groups is 1. The monoisotopic (exact) mass is 239 g/mol. The molecule has 94 valence electrons. The molecule has 0 spiro atoms. The fourth-order valence-corrected chi connectivity index (χ4v) is 1.59. The molecular weight excluding hydrogens is 221 g/mol. The van der Waals surface area contributed by atoms with E-state index in [2.05, 4.69) is 10.3 Å². The maximum Gasteiger partial charge on any atom is 0.217 e. The van der Waals surface area contributed by atoms with Crippen molar-refractivity contribution in [3.05, 3.63) is 29.8 Å². The zero-order valence-corrected chi connectivity index (χ0v) is 9.95. The van der Waals surface area contributed by atoms with Gasteiger partial charge in [0.25, 0.3) is 0 Å². The summed E-state index contributed by atoms with van der Waals surface area (Å²) in [4.78, 5) is 14.6. The van der Waals surface area contributed by atoms with Crippen molar-refractivity contribution in [1.29, 1.82) is 0 Å². The largest absolute Gasteiger partial charge is 0.370 e. The van der Waals surface area contributed by atoms with Gasteiger partial charge < -0.3 is 11.1 Å². The standard InChI is InChI=1S/C12H18FN3O/c1-2-10(15-7-3-4-12(14)17)11-6-5-9(13)8-16-11/h5-6,8,10,15H,2-4,7H2,1H3,(H2,14,17). The Labute approximate surface area is 100 Å². The highest BCUT2D eigenvalue weighted by molar-refractivity contribution is 5.73. The van der Waals surface area contributed by atoms with Crippen LogP contribution in [0.3, 0.4) is 0 Å². The Balaban J connectivity index is 2.43. The van der Waals surface area contributed by atoms with Crippen molar-refractivity contribution in [3.8, 4) is 0 Å². The van der Waals surface area contributed by atoms with Gasteiger partial charge in [-0.3, -0.25) is 9.78 Å². The molecule has 1 aromatic heterocycles. The van der Waals surface area contributed by atoms with Crippen LogP contribution in [-0.4, -0.2) is 17.4 Å². The Hall–Kier alpha value is -1.49. The Morgan fingerprint density at radius 2 is 2.35 bits per heavy atom. The number of hydrogen-bond acceptors (Lipinski definition) is 3. The Morgan fingerprint density at radius 3 is 2.88 bits per heavy atom. The van der Waals surface area contributed by atoms with Crippen LogP contribution in [-0.2, 0) is 4.79 Å². The third kappa shape index (κ3) is 4.91. The molecule has 0 aromatic carbocycles. The summed E-state index contributed by atoms with van der Waals surface area (Å²) in [6, 6.07) is 3.16. The van der Waals surface area contributed by atoms with Crippen LogP contribution in [0, 0.1) is 5.82 Å². The van der Waals surface area contributed by atoms with E-state index >= 15 is 0 Å². The summed E-state index contributed by atoms with van der Waals surface area (Å²) in [5.41, 5.74) is 5.86. The number of nitrogens with zero attached hydrogens (tertiary/aromatic N) is 1. The molecule has 1 aromatic rings. The van der Waals surface area contributed by atoms with E-state index in [4.69, 9.17) is 5.73 Å². The van der Waals surface area contributed by atoms with E-state index in [1.807, 2.05) is 6.92 Å². The lowest BCUT2D eigenvalue weighted by atomic mass is 10.1. The minimum absolute atomic E-state index is 0.0866. The predicted octanol–water partition coefficient (Wildman–Crippen LogP) is 1.53. The number of hydrogen-bond donors (Lipinski definition) is 2. The molecule has 0 fully saturated rings. The summed E-state index contributed by atoms with van der Waals surface area (Å²) in [5, 5.41) is 3.27. The molecule has 0 saturated carbocycles. The van der Waals surface area contributed by atoms with E-state index < -0.39 is 0 Å². The second-order valence-electron chi connectivity index (χ2n) is 3.89. The van der Waals surface area contributed by atoms with Crippen LogP contribution >= 0.6 is 0 Å². The van der Waals surface area contributed by atoms with E-state index in [0.717, 1.165) is 12.1 Å². The van der Waals surface area contributed by atoms with Gasteiger partial charge in [-0.15, -0.1) is 0 Å². The highest BCUT2D eigenvalue weighted by Gasteiger charge is 2.09. The Kier molecular flexibility index (Phi) is 5.56. The SMILES string of the molecule is CCC(NCCCC(N)=O)c1ccc(F)cn1. The minimum atomic E-state index is -0.336. The molecule has 5 heteroatoms. The van der Waals surface area contributed by atoms with Crippen molar-refractivity contribution >= 4 is 5.91 Å². The number of pyridine rings is 1. The molecule has 1 unspecified atom stereocenters. The van der Waals surface area contributed by atoms with E-state index in [9.17, 15) is 9.18 Å². The van der Waals surface area contributed by atoms with E-state index in [1.165, 1.54) is 12.3 Å². The Bertz CT molecular complexity index is 353. The Morgan fingerprint density at radius 1 is 1.59 bits per heavy atom. The van der Waals surface area contributed by atoms with Crippen LogP contribution in [0.4, 0.5) is 4.39 Å². The third-order valence-corrected chi connectivity index (χ3v) is 2.51. The second kappa shape index (κ2) is 6.96. The van der Waals surface area contributed by atoms with Gasteiger partial charge in [-0.2, -0.15) is 0 Å². The molecule has 17 heavy (non-hydrogen) atoms. The quantitative estimate of drug-likeness (QED) is 0.709. The number of primary amides is 1. The maximum absolute atomic E-state index is 12.7. The number of nitrogens with one attached hydrogen (secondary N) is 1. The third-order valence-electron chi connectivity index (χ3n) is 2.51. The molecule has 3 N–H and O–H groups in total. The summed E-state index contributed by atoms with van der Waals surface area (Å²) in [5.74, 6) is -0.628. The molecule has 0 aliphatic heterocycles. The van der Waals surface area contributed by atoms with Crippen molar-refractivity contribution in [3.63, 3.8) is 0 Å². The van der Waals surface area contributed by atoms with Crippen LogP contribution in [0.5, 0.6) is 0 Å². The zero-order valence-electron chi connectivity index (χ0n) is 9.95. The van der Waals surface area contributed by atoms with Crippen LogP contribution in [0.25, 0.3) is 0 Å². The summed E-state index contributed by atoms with van der Waals surface area (Å²) in [6.45, 7) is 2.72. The first-order chi connectivity index (χ1) is 8.13. The fourth-order valence-electron chi connectivity index (χ4n) is 1.59. The zero-order chi connectivity index (χ0) is 12.7. The normalized spacial score (nSPS) is 12.4. The van der Waals surface area contributed by atoms with E-state index in [0.29, 0.717) is 19.4 Å². The van der Waals surface area contributed by atoms with Gasteiger partial charge >= 0.3 is 0 Å². The average molecular weight is 239 g/mol. The van der Waals surface area contributed by atoms with Gasteiger partial charge in [-0.05, 0) is 31.5 Å². The molecule has 0 bridgehead atoms. The molecule has 1 amide bonds. The summed E-state index contributed by atoms with van der Waals surface area (Å²) in [6.07, 6.45) is 3.14. The van der Waals surface area contributed by atoms with Crippen LogP contribution in [0.1, 0.15) is 37.9 Å². The molecule has 0 radical (unpaired) electrons. The number of carbonyl (C=O) groups excluding carboxylic acids is 1. The lowest BCUT2D eigenvalue weighted by Gasteiger charge is -2.16. The highest BCUT2D eigenvalue weighted by atomic mass is 19.1. The molecule has 1 heterocycles. The summed E-state index contributed by atoms with van der Waals surface area (Å²) < 4.78 is 12.7. The van der Waals surface area contributed by atoms with E-state index in [-0.39, 0.29) is 17.8 Å². The summed E-state index contributed by atoms with van der Waals surface area (Å²) in [7, 11) is 0. The first-order valence-corrected chi connectivity index (χ1v) is 5.76. The molecular formula is C12H18FN3O. The number of amides is 1. The van der Waals surface area contributed by atoms with Crippen LogP contribution in [0.15, 0.2) is 18.3 Å². The smallest absolute Gasteiger partial charge is 0.217 e. The van der Waals surface area contributed by atoms with E-state index in [1.54, 1.807) is 6.07 Å². The number of rotatable bonds is 7. The molecule has 1 rings (SSSR count). The van der Waals surface area contributed by atoms with Crippen molar-refractivity contribution in [2.24, 2.45) is 5.73 Å². The van der Waals surface area contributed by atoms with Crippen molar-refractivity contribution in [2.75, 3.05) is 6.54 Å². The van der Waals surface area contributed by atoms with Gasteiger partial charge in [0.1, 0.15) is 5.82 Å². The fraction of sp³-hybridized carbons (Fsp3) is 0.500. The van der Waals surface area contributed by atoms with Gasteiger partial charge in [-0.25, -0.2) is 4.39 Å². The minimum Gasteiger partial charge on any atom is -0.370 e. The number of nitrogens with two attached hydrogens (primary N) is 1. The average Bonchev–Trinajstić information content (AvgIpc) is 2.30. The highest BCUT2D eigenvalue weighted by Crippen LogP contribution is 2.13. The first-order valence-electron chi connectivity index (χ1n) is 5.76. The van der Waals surface area contributed by atoms with Crippen molar-refractivity contribution < 1.29 is 9.18 Å². The molecule has 4 nitrogen and oxygen atoms in total. The van der Waals surface area contributed by atoms with Crippen molar-refractivity contribution in [2.45, 2.75) is 32.2 Å². The first kappa shape index (κ1) is 13.6. The predicted molar refractivity (Wildman–Crippen MR) is 63.7 cm³/mol. The van der Waals surface area contributed by atoms with Gasteiger partial charge in [0.15, 0.2) is 0 Å². The summed E-state index contributed by atoms with van der Waals surface area (Å²) >= 11 is 0.